The number of rotatable bonds is 6. The molecule has 0 spiro atoms. The van der Waals surface area contributed by atoms with Crippen molar-refractivity contribution in [3.8, 4) is 5.69 Å². The van der Waals surface area contributed by atoms with Gasteiger partial charge in [0.25, 0.3) is 0 Å². The Labute approximate surface area is 154 Å². The van der Waals surface area contributed by atoms with E-state index in [0.29, 0.717) is 63.0 Å². The molecule has 0 atom stereocenters. The molecule has 10 heteroatoms. The monoisotopic (exact) mass is 384 g/mol. The van der Waals surface area contributed by atoms with Gasteiger partial charge < -0.3 is 4.90 Å². The summed E-state index contributed by atoms with van der Waals surface area (Å²) in [6.45, 7) is 3.10. The van der Waals surface area contributed by atoms with Crippen molar-refractivity contribution in [1.82, 2.24) is 30.0 Å². The van der Waals surface area contributed by atoms with Gasteiger partial charge in [-0.3, -0.25) is 9.69 Å². The number of tetrazole rings is 1. The van der Waals surface area contributed by atoms with Crippen molar-refractivity contribution in [2.75, 3.05) is 32.1 Å². The SMILES string of the molecule is O=C(CCCCl)N1CCN(Cc2nnnn2-c2ccc(F)c(F)c2)CC1. The Morgan fingerprint density at radius 3 is 2.62 bits per heavy atom. The molecule has 0 radical (unpaired) electrons. The Bertz CT molecular complexity index is 763. The van der Waals surface area contributed by atoms with Crippen LogP contribution in [0.15, 0.2) is 18.2 Å². The van der Waals surface area contributed by atoms with Gasteiger partial charge in [0.1, 0.15) is 0 Å². The Balaban J connectivity index is 1.60. The molecular weight excluding hydrogens is 366 g/mol. The van der Waals surface area contributed by atoms with E-state index in [1.807, 2.05) is 4.90 Å². The van der Waals surface area contributed by atoms with Crippen LogP contribution >= 0.6 is 11.6 Å². The number of alkyl halides is 1. The summed E-state index contributed by atoms with van der Waals surface area (Å²) in [7, 11) is 0. The average molecular weight is 385 g/mol. The lowest BCUT2D eigenvalue weighted by Gasteiger charge is -2.34. The normalized spacial score (nSPS) is 15.4. The highest BCUT2D eigenvalue weighted by Gasteiger charge is 2.22. The van der Waals surface area contributed by atoms with Crippen molar-refractivity contribution < 1.29 is 13.6 Å². The molecule has 2 aromatic rings. The molecule has 1 aliphatic rings. The van der Waals surface area contributed by atoms with Gasteiger partial charge in [0, 0.05) is 44.5 Å². The molecule has 1 saturated heterocycles. The fourth-order valence-electron chi connectivity index (χ4n) is 2.85. The van der Waals surface area contributed by atoms with E-state index in [1.54, 1.807) is 0 Å². The maximum absolute atomic E-state index is 13.5. The van der Waals surface area contributed by atoms with Crippen molar-refractivity contribution in [3.05, 3.63) is 35.7 Å². The molecule has 0 bridgehead atoms. The zero-order chi connectivity index (χ0) is 18.5. The first-order valence-corrected chi connectivity index (χ1v) is 8.90. The number of nitrogens with zero attached hydrogens (tertiary/aromatic N) is 6. The number of halogens is 3. The molecule has 1 aromatic carbocycles. The van der Waals surface area contributed by atoms with E-state index < -0.39 is 11.6 Å². The number of hydrogen-bond acceptors (Lipinski definition) is 5. The van der Waals surface area contributed by atoms with Crippen LogP contribution in [0.2, 0.25) is 0 Å². The third-order valence-electron chi connectivity index (χ3n) is 4.30. The minimum atomic E-state index is -0.951. The zero-order valence-electron chi connectivity index (χ0n) is 14.1. The molecule has 0 saturated carbocycles. The number of benzene rings is 1. The van der Waals surface area contributed by atoms with Gasteiger partial charge >= 0.3 is 0 Å². The lowest BCUT2D eigenvalue weighted by Crippen LogP contribution is -2.48. The number of piperazine rings is 1. The van der Waals surface area contributed by atoms with Crippen molar-refractivity contribution in [2.45, 2.75) is 19.4 Å². The van der Waals surface area contributed by atoms with Crippen LogP contribution < -0.4 is 0 Å². The minimum absolute atomic E-state index is 0.122. The van der Waals surface area contributed by atoms with Crippen LogP contribution in [-0.2, 0) is 11.3 Å². The first kappa shape index (κ1) is 18.7. The van der Waals surface area contributed by atoms with Crippen LogP contribution in [0.5, 0.6) is 0 Å². The maximum Gasteiger partial charge on any atom is 0.222 e. The molecular formula is C16H19ClF2N6O. The highest BCUT2D eigenvalue weighted by atomic mass is 35.5. The number of amides is 1. The van der Waals surface area contributed by atoms with Crippen molar-refractivity contribution in [2.24, 2.45) is 0 Å². The summed E-state index contributed by atoms with van der Waals surface area (Å²) >= 11 is 5.63. The maximum atomic E-state index is 13.5. The average Bonchev–Trinajstić information content (AvgIpc) is 3.10. The standard InChI is InChI=1S/C16H19ClF2N6O/c17-5-1-2-16(26)24-8-6-23(7-9-24)11-15-20-21-22-25(15)12-3-4-13(18)14(19)10-12/h3-4,10H,1-2,5-9,11H2. The second kappa shape index (κ2) is 8.50. The van der Waals surface area contributed by atoms with E-state index in [0.717, 1.165) is 12.1 Å². The molecule has 140 valence electrons. The number of aromatic nitrogens is 4. The summed E-state index contributed by atoms with van der Waals surface area (Å²) in [4.78, 5) is 16.0. The Hall–Kier alpha value is -2.13. The van der Waals surface area contributed by atoms with Gasteiger partial charge in [-0.2, -0.15) is 4.68 Å². The van der Waals surface area contributed by atoms with E-state index in [9.17, 15) is 13.6 Å². The second-order valence-corrected chi connectivity index (χ2v) is 6.43. The summed E-state index contributed by atoms with van der Waals surface area (Å²) in [6.07, 6.45) is 1.15. The third-order valence-corrected chi connectivity index (χ3v) is 4.56. The summed E-state index contributed by atoms with van der Waals surface area (Å²) in [5.74, 6) is -0.737. The van der Waals surface area contributed by atoms with Crippen molar-refractivity contribution in [1.29, 1.82) is 0 Å². The summed E-state index contributed by atoms with van der Waals surface area (Å²) in [5.41, 5.74) is 0.360. The molecule has 0 unspecified atom stereocenters. The first-order chi connectivity index (χ1) is 12.6. The van der Waals surface area contributed by atoms with E-state index >= 15 is 0 Å². The van der Waals surface area contributed by atoms with Crippen LogP contribution in [0.1, 0.15) is 18.7 Å². The van der Waals surface area contributed by atoms with Crippen molar-refractivity contribution in [3.63, 3.8) is 0 Å². The van der Waals surface area contributed by atoms with E-state index in [4.69, 9.17) is 11.6 Å². The summed E-state index contributed by atoms with van der Waals surface area (Å²) in [6, 6.07) is 3.52. The van der Waals surface area contributed by atoms with Gasteiger partial charge in [-0.05, 0) is 29.0 Å². The topological polar surface area (TPSA) is 67.2 Å². The smallest absolute Gasteiger partial charge is 0.222 e. The molecule has 2 heterocycles. The van der Waals surface area contributed by atoms with Gasteiger partial charge in [-0.1, -0.05) is 0 Å². The van der Waals surface area contributed by atoms with Crippen LogP contribution in [0.4, 0.5) is 8.78 Å². The fraction of sp³-hybridized carbons (Fsp3) is 0.500. The number of carbonyl (C=O) groups excluding carboxylic acids is 1. The van der Waals surface area contributed by atoms with E-state index in [-0.39, 0.29) is 5.91 Å². The second-order valence-electron chi connectivity index (χ2n) is 6.05. The molecule has 3 rings (SSSR count). The van der Waals surface area contributed by atoms with Crippen LogP contribution in [0, 0.1) is 11.6 Å². The van der Waals surface area contributed by atoms with Crippen LogP contribution in [-0.4, -0.2) is 68.0 Å². The third kappa shape index (κ3) is 4.34. The molecule has 1 amide bonds. The Morgan fingerprint density at radius 2 is 1.92 bits per heavy atom. The molecule has 7 nitrogen and oxygen atoms in total. The Morgan fingerprint density at radius 1 is 1.15 bits per heavy atom. The molecule has 0 N–H and O–H groups in total. The zero-order valence-corrected chi connectivity index (χ0v) is 14.9. The summed E-state index contributed by atoms with van der Waals surface area (Å²) in [5, 5.41) is 11.5. The van der Waals surface area contributed by atoms with Gasteiger partial charge in [-0.25, -0.2) is 8.78 Å². The summed E-state index contributed by atoms with van der Waals surface area (Å²) < 4.78 is 28.0. The molecule has 26 heavy (non-hydrogen) atoms. The lowest BCUT2D eigenvalue weighted by atomic mass is 10.2. The fourth-order valence-corrected chi connectivity index (χ4v) is 2.99. The molecule has 1 fully saturated rings. The predicted octanol–water partition coefficient (Wildman–Crippen LogP) is 1.60. The Kier molecular flexibility index (Phi) is 6.10. The van der Waals surface area contributed by atoms with Gasteiger partial charge in [0.05, 0.1) is 12.2 Å². The lowest BCUT2D eigenvalue weighted by molar-refractivity contribution is -0.133. The van der Waals surface area contributed by atoms with Crippen molar-refractivity contribution >= 4 is 17.5 Å². The van der Waals surface area contributed by atoms with Crippen LogP contribution in [0.3, 0.4) is 0 Å². The van der Waals surface area contributed by atoms with E-state index in [1.165, 1.54) is 10.7 Å². The molecule has 1 aliphatic heterocycles. The quantitative estimate of drug-likeness (QED) is 0.708. The van der Waals surface area contributed by atoms with Gasteiger partial charge in [0.15, 0.2) is 17.5 Å². The minimum Gasteiger partial charge on any atom is -0.340 e. The number of hydrogen-bond donors (Lipinski definition) is 0. The predicted molar refractivity (Wildman–Crippen MR) is 90.9 cm³/mol. The highest BCUT2D eigenvalue weighted by molar-refractivity contribution is 6.17. The first-order valence-electron chi connectivity index (χ1n) is 8.37. The van der Waals surface area contributed by atoms with Gasteiger partial charge in [0.2, 0.25) is 5.91 Å². The highest BCUT2D eigenvalue weighted by Crippen LogP contribution is 2.15. The number of carbonyl (C=O) groups is 1. The largest absolute Gasteiger partial charge is 0.340 e. The van der Waals surface area contributed by atoms with Gasteiger partial charge in [-0.15, -0.1) is 16.7 Å². The molecule has 1 aromatic heterocycles. The van der Waals surface area contributed by atoms with E-state index in [2.05, 4.69) is 20.4 Å². The molecule has 0 aliphatic carbocycles. The van der Waals surface area contributed by atoms with Crippen LogP contribution in [0.25, 0.3) is 5.69 Å².